The van der Waals surface area contributed by atoms with E-state index < -0.39 is 0 Å². The van der Waals surface area contributed by atoms with Crippen LogP contribution in [0.4, 0.5) is 0 Å². The van der Waals surface area contributed by atoms with Crippen LogP contribution in [0.25, 0.3) is 0 Å². The first-order chi connectivity index (χ1) is 7.91. The lowest BCUT2D eigenvalue weighted by molar-refractivity contribution is 0.0984. The maximum absolute atomic E-state index is 6.08. The van der Waals surface area contributed by atoms with Crippen molar-refractivity contribution < 1.29 is 0 Å². The molecule has 2 unspecified atom stereocenters. The van der Waals surface area contributed by atoms with Crippen molar-refractivity contribution in [2.75, 3.05) is 0 Å². The number of hydrogen-bond acceptors (Lipinski definition) is 1. The van der Waals surface area contributed by atoms with E-state index in [0.717, 1.165) is 12.3 Å². The van der Waals surface area contributed by atoms with Crippen LogP contribution in [0.1, 0.15) is 51.2 Å². The van der Waals surface area contributed by atoms with Gasteiger partial charge in [-0.2, -0.15) is 0 Å². The van der Waals surface area contributed by atoms with Gasteiger partial charge in [-0.1, -0.05) is 52.0 Å². The number of nitrogens with two attached hydrogens (primary N) is 1. The maximum atomic E-state index is 6.08. The van der Waals surface area contributed by atoms with E-state index in [4.69, 9.17) is 5.73 Å². The second-order valence-electron chi connectivity index (χ2n) is 6.56. The van der Waals surface area contributed by atoms with E-state index in [2.05, 4.69) is 52.0 Å². The third-order valence-electron chi connectivity index (χ3n) is 4.37. The van der Waals surface area contributed by atoms with Crippen LogP contribution in [0.5, 0.6) is 0 Å². The van der Waals surface area contributed by atoms with Crippen molar-refractivity contribution in [2.24, 2.45) is 17.1 Å². The Morgan fingerprint density at radius 1 is 1.24 bits per heavy atom. The molecule has 0 aromatic heterocycles. The predicted octanol–water partition coefficient (Wildman–Crippen LogP) is 3.73. The highest BCUT2D eigenvalue weighted by atomic mass is 14.8. The van der Waals surface area contributed by atoms with Crippen molar-refractivity contribution in [3.63, 3.8) is 0 Å². The van der Waals surface area contributed by atoms with Crippen LogP contribution >= 0.6 is 0 Å². The van der Waals surface area contributed by atoms with Gasteiger partial charge < -0.3 is 5.73 Å². The zero-order valence-electron chi connectivity index (χ0n) is 11.5. The average molecular weight is 231 g/mol. The van der Waals surface area contributed by atoms with Gasteiger partial charge >= 0.3 is 0 Å². The van der Waals surface area contributed by atoms with Crippen LogP contribution < -0.4 is 5.73 Å². The molecular formula is C16H25N. The van der Waals surface area contributed by atoms with Gasteiger partial charge in [0, 0.05) is 6.04 Å². The molecule has 2 N–H and O–H groups in total. The molecule has 0 heterocycles. The average Bonchev–Trinajstić information content (AvgIpc) is 2.26. The van der Waals surface area contributed by atoms with E-state index in [-0.39, 0.29) is 5.41 Å². The highest BCUT2D eigenvalue weighted by Crippen LogP contribution is 2.51. The second-order valence-corrected chi connectivity index (χ2v) is 6.56. The summed E-state index contributed by atoms with van der Waals surface area (Å²) in [6, 6.07) is 9.54. The molecule has 0 saturated heterocycles. The van der Waals surface area contributed by atoms with Gasteiger partial charge in [-0.25, -0.2) is 0 Å². The Morgan fingerprint density at radius 2 is 1.82 bits per heavy atom. The quantitative estimate of drug-likeness (QED) is 0.843. The SMILES string of the molecule is CC(C)Cc1ccc(C2CC(N)C2(C)C)cc1. The molecule has 1 saturated carbocycles. The summed E-state index contributed by atoms with van der Waals surface area (Å²) in [6.45, 7) is 9.10. The summed E-state index contributed by atoms with van der Waals surface area (Å²) in [7, 11) is 0. The highest BCUT2D eigenvalue weighted by molar-refractivity contribution is 5.30. The van der Waals surface area contributed by atoms with E-state index in [9.17, 15) is 0 Å². The van der Waals surface area contributed by atoms with Crippen molar-refractivity contribution in [1.29, 1.82) is 0 Å². The van der Waals surface area contributed by atoms with Crippen LogP contribution in [0.2, 0.25) is 0 Å². The van der Waals surface area contributed by atoms with Crippen LogP contribution in [0.15, 0.2) is 24.3 Å². The summed E-state index contributed by atoms with van der Waals surface area (Å²) >= 11 is 0. The van der Waals surface area contributed by atoms with Crippen molar-refractivity contribution in [3.8, 4) is 0 Å². The lowest BCUT2D eigenvalue weighted by Gasteiger charge is -2.50. The first-order valence-electron chi connectivity index (χ1n) is 6.75. The number of benzene rings is 1. The molecule has 17 heavy (non-hydrogen) atoms. The summed E-state index contributed by atoms with van der Waals surface area (Å²) in [6.07, 6.45) is 2.31. The third-order valence-corrected chi connectivity index (χ3v) is 4.37. The van der Waals surface area contributed by atoms with Crippen LogP contribution in [0, 0.1) is 11.3 Å². The van der Waals surface area contributed by atoms with Gasteiger partial charge in [0.1, 0.15) is 0 Å². The van der Waals surface area contributed by atoms with Gasteiger partial charge in [-0.15, -0.1) is 0 Å². The molecule has 1 aliphatic carbocycles. The predicted molar refractivity (Wildman–Crippen MR) is 74.1 cm³/mol. The largest absolute Gasteiger partial charge is 0.327 e. The van der Waals surface area contributed by atoms with E-state index >= 15 is 0 Å². The van der Waals surface area contributed by atoms with Crippen LogP contribution in [-0.4, -0.2) is 6.04 Å². The Morgan fingerprint density at radius 3 is 2.24 bits per heavy atom. The molecule has 0 aliphatic heterocycles. The zero-order chi connectivity index (χ0) is 12.6. The molecule has 1 aromatic carbocycles. The van der Waals surface area contributed by atoms with Crippen LogP contribution in [-0.2, 0) is 6.42 Å². The summed E-state index contributed by atoms with van der Waals surface area (Å²) in [5.41, 5.74) is 9.25. The summed E-state index contributed by atoms with van der Waals surface area (Å²) < 4.78 is 0. The van der Waals surface area contributed by atoms with Crippen molar-refractivity contribution in [2.45, 2.75) is 52.5 Å². The van der Waals surface area contributed by atoms with E-state index in [1.54, 1.807) is 0 Å². The second kappa shape index (κ2) is 4.45. The first kappa shape index (κ1) is 12.6. The van der Waals surface area contributed by atoms with Gasteiger partial charge in [-0.05, 0) is 41.2 Å². The number of rotatable bonds is 3. The molecule has 1 heteroatoms. The Hall–Kier alpha value is -0.820. The molecule has 1 aliphatic rings. The minimum atomic E-state index is 0.263. The molecule has 0 amide bonds. The van der Waals surface area contributed by atoms with Gasteiger partial charge in [0.15, 0.2) is 0 Å². The molecule has 0 radical (unpaired) electrons. The first-order valence-corrected chi connectivity index (χ1v) is 6.75. The van der Waals surface area contributed by atoms with Crippen molar-refractivity contribution in [3.05, 3.63) is 35.4 Å². The topological polar surface area (TPSA) is 26.0 Å². The normalized spacial score (nSPS) is 26.9. The zero-order valence-corrected chi connectivity index (χ0v) is 11.5. The maximum Gasteiger partial charge on any atom is 0.0102 e. The third kappa shape index (κ3) is 2.40. The van der Waals surface area contributed by atoms with Crippen molar-refractivity contribution >= 4 is 0 Å². The Kier molecular flexibility index (Phi) is 3.31. The van der Waals surface area contributed by atoms with Gasteiger partial charge in [-0.3, -0.25) is 0 Å². The Labute approximate surface area is 105 Å². The molecule has 94 valence electrons. The van der Waals surface area contributed by atoms with Gasteiger partial charge in [0.2, 0.25) is 0 Å². The minimum Gasteiger partial charge on any atom is -0.327 e. The standard InChI is InChI=1S/C16H25N/c1-11(2)9-12-5-7-13(8-6-12)14-10-15(17)16(14,3)4/h5-8,11,14-15H,9-10,17H2,1-4H3. The van der Waals surface area contributed by atoms with Gasteiger partial charge in [0.25, 0.3) is 0 Å². The van der Waals surface area contributed by atoms with Crippen LogP contribution in [0.3, 0.4) is 0 Å². The van der Waals surface area contributed by atoms with Crippen molar-refractivity contribution in [1.82, 2.24) is 0 Å². The molecule has 2 atom stereocenters. The van der Waals surface area contributed by atoms with Gasteiger partial charge in [0.05, 0.1) is 0 Å². The summed E-state index contributed by atoms with van der Waals surface area (Å²) in [4.78, 5) is 0. The molecule has 1 fully saturated rings. The van der Waals surface area contributed by atoms with E-state index in [1.165, 1.54) is 17.5 Å². The Bertz CT molecular complexity index is 375. The minimum absolute atomic E-state index is 0.263. The lowest BCUT2D eigenvalue weighted by atomic mass is 9.57. The fraction of sp³-hybridized carbons (Fsp3) is 0.625. The highest BCUT2D eigenvalue weighted by Gasteiger charge is 2.46. The smallest absolute Gasteiger partial charge is 0.0102 e. The fourth-order valence-corrected chi connectivity index (χ4v) is 2.88. The fourth-order valence-electron chi connectivity index (χ4n) is 2.88. The Balaban J connectivity index is 2.09. The molecule has 0 bridgehead atoms. The number of hydrogen-bond donors (Lipinski definition) is 1. The molecule has 2 rings (SSSR count). The molecule has 1 aromatic rings. The molecular weight excluding hydrogens is 206 g/mol. The monoisotopic (exact) mass is 231 g/mol. The lowest BCUT2D eigenvalue weighted by Crippen LogP contribution is -2.52. The molecule has 0 spiro atoms. The molecule has 1 nitrogen and oxygen atoms in total. The summed E-state index contributed by atoms with van der Waals surface area (Å²) in [5, 5.41) is 0. The van der Waals surface area contributed by atoms with E-state index in [1.807, 2.05) is 0 Å². The van der Waals surface area contributed by atoms with E-state index in [0.29, 0.717) is 12.0 Å². The summed E-state index contributed by atoms with van der Waals surface area (Å²) in [5.74, 6) is 1.38.